The minimum absolute atomic E-state index is 0.00170. The van der Waals surface area contributed by atoms with Crippen LogP contribution in [0.15, 0.2) is 23.1 Å². The van der Waals surface area contributed by atoms with E-state index in [4.69, 9.17) is 4.74 Å². The molecular formula is C19H25NO5S. The van der Waals surface area contributed by atoms with E-state index in [0.717, 1.165) is 11.8 Å². The second-order valence-electron chi connectivity index (χ2n) is 8.34. The smallest absolute Gasteiger partial charge is 0.410 e. The molecule has 0 saturated carbocycles. The fourth-order valence-electron chi connectivity index (χ4n) is 3.73. The number of sulfone groups is 1. The number of piperidine rings is 1. The third kappa shape index (κ3) is 3.49. The van der Waals surface area contributed by atoms with Crippen molar-refractivity contribution >= 4 is 21.7 Å². The summed E-state index contributed by atoms with van der Waals surface area (Å²) in [5, 5.41) is 0. The molecule has 2 aliphatic rings. The summed E-state index contributed by atoms with van der Waals surface area (Å²) in [5.41, 5.74) is 0.330. The maximum atomic E-state index is 13.0. The topological polar surface area (TPSA) is 80.8 Å². The summed E-state index contributed by atoms with van der Waals surface area (Å²) in [6, 6.07) is 4.82. The third-order valence-electron chi connectivity index (χ3n) is 5.14. The van der Waals surface area contributed by atoms with Gasteiger partial charge in [-0.3, -0.25) is 4.79 Å². The van der Waals surface area contributed by atoms with Gasteiger partial charge in [-0.05, 0) is 57.7 Å². The van der Waals surface area contributed by atoms with Crippen molar-refractivity contribution in [1.29, 1.82) is 0 Å². The summed E-state index contributed by atoms with van der Waals surface area (Å²) in [7, 11) is -3.35. The number of fused-ring (bicyclic) bond motifs is 1. The number of hydrogen-bond acceptors (Lipinski definition) is 5. The lowest BCUT2D eigenvalue weighted by Crippen LogP contribution is -2.47. The highest BCUT2D eigenvalue weighted by atomic mass is 32.2. The van der Waals surface area contributed by atoms with Gasteiger partial charge in [-0.1, -0.05) is 6.07 Å². The molecule has 0 bridgehead atoms. The Morgan fingerprint density at radius 2 is 1.81 bits per heavy atom. The molecule has 1 fully saturated rings. The van der Waals surface area contributed by atoms with Crippen LogP contribution in [0.2, 0.25) is 0 Å². The van der Waals surface area contributed by atoms with E-state index >= 15 is 0 Å². The number of Topliss-reactive ketones (excluding diaryl/α,β-unsaturated/α-hetero) is 1. The lowest BCUT2D eigenvalue weighted by Gasteiger charge is -2.38. The Bertz CT molecular complexity index is 858. The summed E-state index contributed by atoms with van der Waals surface area (Å²) < 4.78 is 28.9. The monoisotopic (exact) mass is 379 g/mol. The molecule has 1 aliphatic heterocycles. The van der Waals surface area contributed by atoms with Crippen molar-refractivity contribution in [1.82, 2.24) is 4.90 Å². The van der Waals surface area contributed by atoms with Crippen LogP contribution in [0.4, 0.5) is 4.79 Å². The zero-order valence-corrected chi connectivity index (χ0v) is 16.5. The number of ketones is 1. The van der Waals surface area contributed by atoms with Gasteiger partial charge in [0.2, 0.25) is 0 Å². The fourth-order valence-corrected chi connectivity index (χ4v) is 4.38. The van der Waals surface area contributed by atoms with Crippen LogP contribution in [-0.2, 0) is 21.0 Å². The number of nitrogens with zero attached hydrogens (tertiary/aromatic N) is 1. The lowest BCUT2D eigenvalue weighted by atomic mass is 9.75. The van der Waals surface area contributed by atoms with E-state index in [9.17, 15) is 18.0 Å². The van der Waals surface area contributed by atoms with Gasteiger partial charge >= 0.3 is 6.09 Å². The third-order valence-corrected chi connectivity index (χ3v) is 6.25. The Morgan fingerprint density at radius 3 is 2.35 bits per heavy atom. The molecule has 0 unspecified atom stereocenters. The molecule has 1 aromatic carbocycles. The number of hydrogen-bond donors (Lipinski definition) is 0. The van der Waals surface area contributed by atoms with Crippen molar-refractivity contribution in [2.45, 2.75) is 50.5 Å². The van der Waals surface area contributed by atoms with Gasteiger partial charge in [0.25, 0.3) is 0 Å². The van der Waals surface area contributed by atoms with Crippen molar-refractivity contribution < 1.29 is 22.7 Å². The average molecular weight is 379 g/mol. The summed E-state index contributed by atoms with van der Waals surface area (Å²) in [6.07, 6.45) is 2.52. The van der Waals surface area contributed by atoms with Crippen LogP contribution < -0.4 is 0 Å². The number of likely N-dealkylation sites (tertiary alicyclic amines) is 1. The van der Waals surface area contributed by atoms with E-state index in [-0.39, 0.29) is 16.8 Å². The van der Waals surface area contributed by atoms with Gasteiger partial charge in [0, 0.05) is 30.3 Å². The summed E-state index contributed by atoms with van der Waals surface area (Å²) in [5.74, 6) is 0.00170. The zero-order chi connectivity index (χ0) is 19.3. The standard InChI is InChI=1S/C19H25NO5S/c1-18(2,3)25-17(22)20-9-7-19(8-10-20)12-13-5-6-14(26(4,23)24)11-15(13)16(19)21/h5-6,11H,7-10,12H2,1-4H3. The van der Waals surface area contributed by atoms with Gasteiger partial charge in [0.15, 0.2) is 15.6 Å². The fraction of sp³-hybridized carbons (Fsp3) is 0.579. The summed E-state index contributed by atoms with van der Waals surface area (Å²) >= 11 is 0. The van der Waals surface area contributed by atoms with Gasteiger partial charge in [-0.2, -0.15) is 0 Å². The predicted molar refractivity (Wildman–Crippen MR) is 97.1 cm³/mol. The molecule has 1 aromatic rings. The van der Waals surface area contributed by atoms with Gasteiger partial charge in [-0.25, -0.2) is 13.2 Å². The first-order valence-corrected chi connectivity index (χ1v) is 10.7. The van der Waals surface area contributed by atoms with Crippen molar-refractivity contribution in [3.05, 3.63) is 29.3 Å². The first-order valence-electron chi connectivity index (χ1n) is 8.77. The Balaban J connectivity index is 1.76. The molecule has 1 saturated heterocycles. The van der Waals surface area contributed by atoms with Crippen molar-refractivity contribution in [2.75, 3.05) is 19.3 Å². The normalized spacial score (nSPS) is 19.5. The molecule has 142 valence electrons. The predicted octanol–water partition coefficient (Wildman–Crippen LogP) is 2.85. The maximum absolute atomic E-state index is 13.0. The van der Waals surface area contributed by atoms with Crippen LogP contribution in [0.1, 0.15) is 49.5 Å². The molecule has 0 radical (unpaired) electrons. The van der Waals surface area contributed by atoms with E-state index in [1.165, 1.54) is 6.07 Å². The van der Waals surface area contributed by atoms with Gasteiger partial charge < -0.3 is 9.64 Å². The van der Waals surface area contributed by atoms with Crippen molar-refractivity contribution in [2.24, 2.45) is 5.41 Å². The number of carbonyl (C=O) groups excluding carboxylic acids is 2. The van der Waals surface area contributed by atoms with E-state index in [1.807, 2.05) is 20.8 Å². The number of rotatable bonds is 1. The summed E-state index contributed by atoms with van der Waals surface area (Å²) in [4.78, 5) is 27.1. The van der Waals surface area contributed by atoms with Crippen LogP contribution in [0.5, 0.6) is 0 Å². The zero-order valence-electron chi connectivity index (χ0n) is 15.7. The molecule has 7 heteroatoms. The molecule has 3 rings (SSSR count). The number of amides is 1. The quantitative estimate of drug-likeness (QED) is 0.749. The van der Waals surface area contributed by atoms with Crippen LogP contribution in [-0.4, -0.2) is 50.1 Å². The van der Waals surface area contributed by atoms with Crippen molar-refractivity contribution in [3.63, 3.8) is 0 Å². The van der Waals surface area contributed by atoms with Gasteiger partial charge in [0.1, 0.15) is 5.60 Å². The molecule has 0 N–H and O–H groups in total. The lowest BCUT2D eigenvalue weighted by molar-refractivity contribution is 0.0114. The highest BCUT2D eigenvalue weighted by molar-refractivity contribution is 7.90. The number of carbonyl (C=O) groups is 2. The first kappa shape index (κ1) is 18.9. The van der Waals surface area contributed by atoms with E-state index in [1.54, 1.807) is 17.0 Å². The highest BCUT2D eigenvalue weighted by Crippen LogP contribution is 2.45. The van der Waals surface area contributed by atoms with Gasteiger partial charge in [-0.15, -0.1) is 0 Å². The first-order chi connectivity index (χ1) is 11.9. The Morgan fingerprint density at radius 1 is 1.19 bits per heavy atom. The molecule has 0 aromatic heterocycles. The van der Waals surface area contributed by atoms with E-state index in [0.29, 0.717) is 37.9 Å². The van der Waals surface area contributed by atoms with Crippen molar-refractivity contribution in [3.8, 4) is 0 Å². The Kier molecular flexibility index (Phi) is 4.42. The van der Waals surface area contributed by atoms with Gasteiger partial charge in [0.05, 0.1) is 4.90 Å². The van der Waals surface area contributed by atoms with E-state index in [2.05, 4.69) is 0 Å². The molecule has 1 heterocycles. The van der Waals surface area contributed by atoms with Crippen LogP contribution >= 0.6 is 0 Å². The molecule has 1 aliphatic carbocycles. The minimum Gasteiger partial charge on any atom is -0.444 e. The molecule has 1 amide bonds. The number of ether oxygens (including phenoxy) is 1. The average Bonchev–Trinajstić information content (AvgIpc) is 2.77. The Hall–Kier alpha value is -1.89. The summed E-state index contributed by atoms with van der Waals surface area (Å²) in [6.45, 7) is 6.41. The minimum atomic E-state index is -3.35. The molecule has 26 heavy (non-hydrogen) atoms. The largest absolute Gasteiger partial charge is 0.444 e. The second kappa shape index (κ2) is 6.08. The van der Waals surface area contributed by atoms with E-state index < -0.39 is 20.9 Å². The van der Waals surface area contributed by atoms with Crippen LogP contribution in [0.3, 0.4) is 0 Å². The molecule has 1 spiro atoms. The molecule has 6 nitrogen and oxygen atoms in total. The molecule has 0 atom stereocenters. The number of benzene rings is 1. The SMILES string of the molecule is CC(C)(C)OC(=O)N1CCC2(CC1)Cc1ccc(S(C)(=O)=O)cc1C2=O. The Labute approximate surface area is 154 Å². The molecular weight excluding hydrogens is 354 g/mol. The highest BCUT2D eigenvalue weighted by Gasteiger charge is 2.48. The van der Waals surface area contributed by atoms with Crippen LogP contribution in [0, 0.1) is 5.41 Å². The van der Waals surface area contributed by atoms with Crippen LogP contribution in [0.25, 0.3) is 0 Å². The second-order valence-corrected chi connectivity index (χ2v) is 10.4. The maximum Gasteiger partial charge on any atom is 0.410 e.